The van der Waals surface area contributed by atoms with Gasteiger partial charge in [0, 0.05) is 5.56 Å². The van der Waals surface area contributed by atoms with Crippen molar-refractivity contribution < 1.29 is 19.4 Å². The lowest BCUT2D eigenvalue weighted by atomic mass is 10.2. The molecule has 3 rings (SSSR count). The number of nitrogens with zero attached hydrogens (tertiary/aromatic N) is 1. The summed E-state index contributed by atoms with van der Waals surface area (Å²) in [7, 11) is 0. The second kappa shape index (κ2) is 5.54. The topological polar surface area (TPSA) is 83.0 Å². The van der Waals surface area contributed by atoms with Crippen molar-refractivity contribution in [3.63, 3.8) is 0 Å². The number of carbonyl (C=O) groups is 1. The molecule has 0 fully saturated rings. The fraction of sp³-hybridized carbons (Fsp3) is 0.0667. The molecule has 0 bridgehead atoms. The summed E-state index contributed by atoms with van der Waals surface area (Å²) in [4.78, 5) is 10.9. The van der Waals surface area contributed by atoms with Crippen LogP contribution >= 0.6 is 0 Å². The minimum atomic E-state index is -1.25. The van der Waals surface area contributed by atoms with E-state index in [0.717, 1.165) is 5.56 Å². The Balaban J connectivity index is 1.74. The van der Waals surface area contributed by atoms with Gasteiger partial charge < -0.3 is 19.4 Å². The number of hydrazone groups is 1. The number of ether oxygens (including phenoxy) is 2. The molecule has 106 valence electrons. The number of benzene rings is 2. The highest BCUT2D eigenvalue weighted by molar-refractivity contribution is 5.93. The lowest BCUT2D eigenvalue weighted by molar-refractivity contribution is -0.254. The quantitative estimate of drug-likeness (QED) is 0.674. The number of hydrogen-bond donors (Lipinski definition) is 1. The molecule has 6 heteroatoms. The van der Waals surface area contributed by atoms with Crippen LogP contribution in [0.2, 0.25) is 0 Å². The number of carbonyl (C=O) groups excluding carboxylic acids is 1. The van der Waals surface area contributed by atoms with Crippen molar-refractivity contribution in [1.29, 1.82) is 0 Å². The number of rotatable bonds is 4. The fourth-order valence-corrected chi connectivity index (χ4v) is 1.93. The Morgan fingerprint density at radius 3 is 2.86 bits per heavy atom. The van der Waals surface area contributed by atoms with Gasteiger partial charge in [0.25, 0.3) is 0 Å². The van der Waals surface area contributed by atoms with Gasteiger partial charge in [-0.1, -0.05) is 18.2 Å². The molecule has 0 atom stereocenters. The zero-order valence-electron chi connectivity index (χ0n) is 10.9. The van der Waals surface area contributed by atoms with E-state index in [2.05, 4.69) is 10.5 Å². The van der Waals surface area contributed by atoms with E-state index < -0.39 is 5.97 Å². The third kappa shape index (κ3) is 2.79. The van der Waals surface area contributed by atoms with Crippen LogP contribution in [0.15, 0.2) is 47.6 Å². The normalized spacial score (nSPS) is 12.6. The average molecular weight is 283 g/mol. The van der Waals surface area contributed by atoms with Crippen molar-refractivity contribution in [3.8, 4) is 11.5 Å². The van der Waals surface area contributed by atoms with E-state index >= 15 is 0 Å². The molecule has 0 saturated carbocycles. The lowest BCUT2D eigenvalue weighted by Gasteiger charge is -2.08. The third-order valence-corrected chi connectivity index (χ3v) is 2.94. The van der Waals surface area contributed by atoms with Crippen LogP contribution in [0.3, 0.4) is 0 Å². The summed E-state index contributed by atoms with van der Waals surface area (Å²) in [6, 6.07) is 11.8. The van der Waals surface area contributed by atoms with Gasteiger partial charge in [-0.25, -0.2) is 0 Å². The zero-order valence-corrected chi connectivity index (χ0v) is 10.9. The molecule has 0 aliphatic carbocycles. The van der Waals surface area contributed by atoms with Crippen LogP contribution in [-0.4, -0.2) is 19.0 Å². The highest BCUT2D eigenvalue weighted by Crippen LogP contribution is 2.31. The van der Waals surface area contributed by atoms with Gasteiger partial charge in [0.1, 0.15) is 0 Å². The summed E-state index contributed by atoms with van der Waals surface area (Å²) in [5, 5.41) is 15.0. The first-order chi connectivity index (χ1) is 10.2. The Bertz CT molecular complexity index is 713. The monoisotopic (exact) mass is 283 g/mol. The number of hydrogen-bond acceptors (Lipinski definition) is 6. The Hall–Kier alpha value is -3.02. The van der Waals surface area contributed by atoms with E-state index in [0.29, 0.717) is 17.2 Å². The van der Waals surface area contributed by atoms with Gasteiger partial charge in [0.05, 0.1) is 17.9 Å². The standard InChI is InChI=1S/C15H12N2O4/c18-15(19)11-3-1-2-4-12(11)17-16-8-10-5-6-13-14(7-10)21-9-20-13/h1-8,17H,9H2,(H,18,19)/p-1/b16-8-. The van der Waals surface area contributed by atoms with Crippen molar-refractivity contribution in [1.82, 2.24) is 0 Å². The minimum absolute atomic E-state index is 0.0559. The maximum atomic E-state index is 10.9. The first kappa shape index (κ1) is 13.0. The predicted molar refractivity (Wildman–Crippen MR) is 74.6 cm³/mol. The molecular formula is C15H11N2O4-. The molecule has 6 nitrogen and oxygen atoms in total. The molecule has 1 aliphatic rings. The first-order valence-corrected chi connectivity index (χ1v) is 6.23. The Kier molecular flexibility index (Phi) is 3.42. The highest BCUT2D eigenvalue weighted by atomic mass is 16.7. The van der Waals surface area contributed by atoms with E-state index in [9.17, 15) is 9.90 Å². The molecule has 1 N–H and O–H groups in total. The molecule has 2 aromatic rings. The SMILES string of the molecule is O=C([O-])c1ccccc1N/N=C\c1ccc2c(c1)OCO2. The summed E-state index contributed by atoms with van der Waals surface area (Å²) in [5.74, 6) is 0.105. The molecule has 1 heterocycles. The van der Waals surface area contributed by atoms with Gasteiger partial charge in [-0.15, -0.1) is 0 Å². The smallest absolute Gasteiger partial charge is 0.231 e. The molecule has 21 heavy (non-hydrogen) atoms. The summed E-state index contributed by atoms with van der Waals surface area (Å²) < 4.78 is 10.5. The Labute approximate surface area is 120 Å². The largest absolute Gasteiger partial charge is 0.545 e. The predicted octanol–water partition coefficient (Wildman–Crippen LogP) is 1.22. The van der Waals surface area contributed by atoms with Crippen molar-refractivity contribution in [2.24, 2.45) is 5.10 Å². The molecule has 0 unspecified atom stereocenters. The van der Waals surface area contributed by atoms with Crippen LogP contribution in [0.4, 0.5) is 5.69 Å². The fourth-order valence-electron chi connectivity index (χ4n) is 1.93. The average Bonchev–Trinajstić information content (AvgIpc) is 2.95. The molecular weight excluding hydrogens is 272 g/mol. The zero-order chi connectivity index (χ0) is 14.7. The Morgan fingerprint density at radius 1 is 1.19 bits per heavy atom. The van der Waals surface area contributed by atoms with Gasteiger partial charge in [-0.3, -0.25) is 5.43 Å². The first-order valence-electron chi connectivity index (χ1n) is 6.23. The van der Waals surface area contributed by atoms with E-state index in [-0.39, 0.29) is 12.4 Å². The Morgan fingerprint density at radius 2 is 2.00 bits per heavy atom. The third-order valence-electron chi connectivity index (χ3n) is 2.94. The van der Waals surface area contributed by atoms with E-state index in [1.165, 1.54) is 6.07 Å². The number of carboxylic acid groups (broad SMARTS) is 1. The van der Waals surface area contributed by atoms with Crippen LogP contribution < -0.4 is 20.0 Å². The van der Waals surface area contributed by atoms with E-state index in [1.54, 1.807) is 36.5 Å². The summed E-state index contributed by atoms with van der Waals surface area (Å²) in [6.45, 7) is 0.215. The minimum Gasteiger partial charge on any atom is -0.545 e. The maximum absolute atomic E-state index is 10.9. The van der Waals surface area contributed by atoms with E-state index in [4.69, 9.17) is 9.47 Å². The summed E-state index contributed by atoms with van der Waals surface area (Å²) in [6.07, 6.45) is 1.56. The van der Waals surface area contributed by atoms with Crippen LogP contribution in [0.5, 0.6) is 11.5 Å². The molecule has 0 amide bonds. The molecule has 1 aliphatic heterocycles. The molecule has 0 spiro atoms. The molecule has 0 aromatic heterocycles. The van der Waals surface area contributed by atoms with Crippen LogP contribution in [0, 0.1) is 0 Å². The van der Waals surface area contributed by atoms with Crippen molar-refractivity contribution in [2.75, 3.05) is 12.2 Å². The number of carboxylic acids is 1. The molecule has 0 radical (unpaired) electrons. The second-order valence-electron chi connectivity index (χ2n) is 4.32. The van der Waals surface area contributed by atoms with Crippen molar-refractivity contribution >= 4 is 17.9 Å². The maximum Gasteiger partial charge on any atom is 0.231 e. The van der Waals surface area contributed by atoms with Crippen LogP contribution in [-0.2, 0) is 0 Å². The number of nitrogens with one attached hydrogen (secondary N) is 1. The van der Waals surface area contributed by atoms with Crippen molar-refractivity contribution in [3.05, 3.63) is 53.6 Å². The number of para-hydroxylation sites is 1. The number of anilines is 1. The van der Waals surface area contributed by atoms with E-state index in [1.807, 2.05) is 6.07 Å². The summed E-state index contributed by atoms with van der Waals surface area (Å²) in [5.41, 5.74) is 3.92. The summed E-state index contributed by atoms with van der Waals surface area (Å²) >= 11 is 0. The van der Waals surface area contributed by atoms with Gasteiger partial charge in [0.15, 0.2) is 11.5 Å². The molecule has 2 aromatic carbocycles. The van der Waals surface area contributed by atoms with Gasteiger partial charge in [-0.2, -0.15) is 5.10 Å². The van der Waals surface area contributed by atoms with Gasteiger partial charge in [-0.05, 0) is 29.8 Å². The van der Waals surface area contributed by atoms with Crippen molar-refractivity contribution in [2.45, 2.75) is 0 Å². The number of aromatic carboxylic acids is 1. The van der Waals surface area contributed by atoms with Gasteiger partial charge >= 0.3 is 0 Å². The highest BCUT2D eigenvalue weighted by Gasteiger charge is 2.12. The van der Waals surface area contributed by atoms with Crippen LogP contribution in [0.1, 0.15) is 15.9 Å². The lowest BCUT2D eigenvalue weighted by Crippen LogP contribution is -2.23. The van der Waals surface area contributed by atoms with Crippen LogP contribution in [0.25, 0.3) is 0 Å². The molecule has 0 saturated heterocycles. The second-order valence-corrected chi connectivity index (χ2v) is 4.32. The number of fused-ring (bicyclic) bond motifs is 1. The van der Waals surface area contributed by atoms with Gasteiger partial charge in [0.2, 0.25) is 6.79 Å².